The van der Waals surface area contributed by atoms with Crippen molar-refractivity contribution in [2.75, 3.05) is 0 Å². The molecule has 0 spiro atoms. The van der Waals surface area contributed by atoms with E-state index in [-0.39, 0.29) is 42.7 Å². The average molecular weight is 897 g/mol. The number of hydrogen-bond donors (Lipinski definition) is 6. The van der Waals surface area contributed by atoms with Crippen LogP contribution in [0.15, 0.2) is 121 Å². The van der Waals surface area contributed by atoms with E-state index in [0.29, 0.717) is 89.4 Å². The summed E-state index contributed by atoms with van der Waals surface area (Å²) in [5, 5.41) is 38.7. The van der Waals surface area contributed by atoms with Crippen LogP contribution < -0.4 is 0 Å². The Hall–Kier alpha value is -7.98. The second-order valence-corrected chi connectivity index (χ2v) is 14.0. The van der Waals surface area contributed by atoms with Gasteiger partial charge in [-0.05, 0) is 119 Å². The van der Waals surface area contributed by atoms with Gasteiger partial charge in [-0.15, -0.1) is 0 Å². The molecule has 0 saturated carbocycles. The van der Waals surface area contributed by atoms with Gasteiger partial charge in [-0.3, -0.25) is 0 Å². The molecule has 6 N–H and O–H groups in total. The van der Waals surface area contributed by atoms with E-state index in [1.54, 1.807) is 48.5 Å². The van der Waals surface area contributed by atoms with Crippen molar-refractivity contribution in [3.05, 3.63) is 166 Å². The van der Waals surface area contributed by atoms with Gasteiger partial charge in [-0.25, -0.2) is 29.1 Å². The first-order valence-electron chi connectivity index (χ1n) is 18.5. The van der Waals surface area contributed by atoms with Crippen molar-refractivity contribution in [3.63, 3.8) is 0 Å². The number of fused-ring (bicyclic) bond motifs is 8. The van der Waals surface area contributed by atoms with Crippen molar-refractivity contribution >= 4 is 70.2 Å². The fraction of sp³-hybridized carbons (Fsp3) is 0. The first-order valence-corrected chi connectivity index (χ1v) is 18.5. The van der Waals surface area contributed by atoms with E-state index >= 15 is 0 Å². The molecule has 0 unspecified atom stereocenters. The number of aromatic amines is 2. The Balaban J connectivity index is 0.00000514. The van der Waals surface area contributed by atoms with Crippen LogP contribution in [0.1, 0.15) is 64.2 Å². The number of nitrogens with one attached hydrogen (secondary N) is 2. The Labute approximate surface area is 359 Å². The molecule has 4 aromatic carbocycles. The minimum absolute atomic E-state index is 0. The molecule has 8 bridgehead atoms. The van der Waals surface area contributed by atoms with Gasteiger partial charge in [0.2, 0.25) is 0 Å². The number of hydrogen-bond acceptors (Lipinski definition) is 6. The zero-order valence-electron chi connectivity index (χ0n) is 31.5. The number of carbonyl (C=O) groups is 4. The molecular formula is C48H30N4O8Pd+2. The molecule has 9 rings (SSSR count). The normalized spacial score (nSPS) is 11.5. The summed E-state index contributed by atoms with van der Waals surface area (Å²) in [5.41, 5.74) is 10.7. The van der Waals surface area contributed by atoms with Gasteiger partial charge in [0.25, 0.3) is 0 Å². The number of carboxylic acid groups (broad SMARTS) is 4. The first kappa shape index (κ1) is 39.8. The molecule has 0 amide bonds. The van der Waals surface area contributed by atoms with E-state index in [1.165, 1.54) is 48.5 Å². The van der Waals surface area contributed by atoms with Crippen molar-refractivity contribution in [1.82, 2.24) is 19.9 Å². The minimum atomic E-state index is -1.07. The molecule has 12 nitrogen and oxygen atoms in total. The maximum atomic E-state index is 11.8. The predicted octanol–water partition coefficient (Wildman–Crippen LogP) is 10.1. The summed E-state index contributed by atoms with van der Waals surface area (Å²) in [4.78, 5) is 64.8. The Morgan fingerprint density at radius 3 is 0.836 bits per heavy atom. The Morgan fingerprint density at radius 2 is 0.557 bits per heavy atom. The minimum Gasteiger partial charge on any atom is -0.478 e. The fourth-order valence-corrected chi connectivity index (χ4v) is 7.54. The zero-order chi connectivity index (χ0) is 41.7. The monoisotopic (exact) mass is 896 g/mol. The molecule has 7 aromatic rings. The molecule has 3 aromatic heterocycles. The summed E-state index contributed by atoms with van der Waals surface area (Å²) in [7, 11) is 0. The largest absolute Gasteiger partial charge is 2.00 e. The van der Waals surface area contributed by atoms with Gasteiger partial charge in [-0.1, -0.05) is 48.5 Å². The van der Waals surface area contributed by atoms with E-state index < -0.39 is 23.9 Å². The van der Waals surface area contributed by atoms with E-state index in [1.807, 2.05) is 48.6 Å². The molecule has 0 atom stereocenters. The number of carboxylic acids is 4. The van der Waals surface area contributed by atoms with Crippen LogP contribution in [0, 0.1) is 0 Å². The summed E-state index contributed by atoms with van der Waals surface area (Å²) in [6.45, 7) is 0. The van der Waals surface area contributed by atoms with Gasteiger partial charge in [0.05, 0.1) is 45.0 Å². The van der Waals surface area contributed by atoms with Gasteiger partial charge in [-0.2, -0.15) is 0 Å². The van der Waals surface area contributed by atoms with E-state index in [2.05, 4.69) is 9.97 Å². The van der Waals surface area contributed by atoms with Crippen molar-refractivity contribution in [2.24, 2.45) is 0 Å². The molecule has 13 heteroatoms. The van der Waals surface area contributed by atoms with Crippen LogP contribution in [0.4, 0.5) is 0 Å². The standard InChI is InChI=1S/C48H30N4O8.Pd/c53-45(54)29-9-1-25(2-10-29)41-33-17-19-35(49-33)42(26-3-11-30(12-4-26)46(55)56)37-21-23-39(51-37)44(28-7-15-32(16-8-28)48(59)60)40-24-22-38(52-40)43(36-20-18-34(41)50-36)27-5-13-31(14-6-27)47(57)58;/h1-24,49-50H,(H,53,54)(H,55,56)(H,57,58)(H,59,60);/q;+2. The number of H-pyrrole nitrogens is 2. The molecule has 0 radical (unpaired) electrons. The summed E-state index contributed by atoms with van der Waals surface area (Å²) in [5.74, 6) is -4.25. The Bertz CT molecular complexity index is 3030. The first-order chi connectivity index (χ1) is 29.0. The van der Waals surface area contributed by atoms with Crippen molar-refractivity contribution in [2.45, 2.75) is 0 Å². The van der Waals surface area contributed by atoms with Crippen molar-refractivity contribution in [3.8, 4) is 44.5 Å². The third-order valence-electron chi connectivity index (χ3n) is 10.4. The number of aromatic carboxylic acids is 4. The van der Waals surface area contributed by atoms with E-state index in [9.17, 15) is 39.6 Å². The van der Waals surface area contributed by atoms with Crippen molar-refractivity contribution in [1.29, 1.82) is 0 Å². The smallest absolute Gasteiger partial charge is 0.478 e. The number of rotatable bonds is 8. The molecule has 61 heavy (non-hydrogen) atoms. The maximum Gasteiger partial charge on any atom is 2.00 e. The van der Waals surface area contributed by atoms with Crippen LogP contribution >= 0.6 is 0 Å². The second kappa shape index (κ2) is 16.0. The van der Waals surface area contributed by atoms with Crippen LogP contribution in [0.2, 0.25) is 0 Å². The molecule has 2 aliphatic rings. The molecular weight excluding hydrogens is 867 g/mol. The van der Waals surface area contributed by atoms with Crippen LogP contribution in [-0.2, 0) is 20.4 Å². The number of nitrogens with zero attached hydrogens (tertiary/aromatic N) is 2. The SMILES string of the molecule is O=C(O)c1ccc(-c2c3nc(c(-c4ccc(C(=O)O)cc4)c4ccc([nH]4)c(-c4ccc(C(=O)O)cc4)c4ccc([nH]4)c(-c4ccc(C(=O)O)cc4)c4nc2C=C4)C=C3)cc1.[Pd+2]. The number of benzene rings is 4. The summed E-state index contributed by atoms with van der Waals surface area (Å²) in [6.07, 6.45) is 7.42. The fourth-order valence-electron chi connectivity index (χ4n) is 7.54. The molecule has 298 valence electrons. The Morgan fingerprint density at radius 1 is 0.328 bits per heavy atom. The second-order valence-electron chi connectivity index (χ2n) is 14.0. The third kappa shape index (κ3) is 7.47. The van der Waals surface area contributed by atoms with Crippen LogP contribution in [0.3, 0.4) is 0 Å². The maximum absolute atomic E-state index is 11.8. The van der Waals surface area contributed by atoms with Gasteiger partial charge >= 0.3 is 44.3 Å². The third-order valence-corrected chi connectivity index (χ3v) is 10.4. The van der Waals surface area contributed by atoms with Crippen LogP contribution in [0.5, 0.6) is 0 Å². The number of aromatic nitrogens is 4. The van der Waals surface area contributed by atoms with Crippen LogP contribution in [-0.4, -0.2) is 64.2 Å². The average Bonchev–Trinajstić information content (AvgIpc) is 4.10. The molecule has 0 aliphatic carbocycles. The molecule has 0 fully saturated rings. The summed E-state index contributed by atoms with van der Waals surface area (Å²) < 4.78 is 0. The summed E-state index contributed by atoms with van der Waals surface area (Å²) >= 11 is 0. The van der Waals surface area contributed by atoms with E-state index in [0.717, 1.165) is 0 Å². The summed E-state index contributed by atoms with van der Waals surface area (Å²) in [6, 6.07) is 33.6. The van der Waals surface area contributed by atoms with Crippen molar-refractivity contribution < 1.29 is 60.0 Å². The van der Waals surface area contributed by atoms with E-state index in [4.69, 9.17) is 9.97 Å². The molecule has 0 saturated heterocycles. The topological polar surface area (TPSA) is 207 Å². The van der Waals surface area contributed by atoms with Crippen LogP contribution in [0.25, 0.3) is 90.9 Å². The van der Waals surface area contributed by atoms with Gasteiger partial charge in [0.15, 0.2) is 0 Å². The van der Waals surface area contributed by atoms with Gasteiger partial charge < -0.3 is 30.4 Å². The van der Waals surface area contributed by atoms with Gasteiger partial charge in [0, 0.05) is 44.3 Å². The molecule has 5 heterocycles. The zero-order valence-corrected chi connectivity index (χ0v) is 33.0. The molecule has 2 aliphatic heterocycles. The van der Waals surface area contributed by atoms with Gasteiger partial charge in [0.1, 0.15) is 0 Å². The predicted molar refractivity (Wildman–Crippen MR) is 228 cm³/mol. The quantitative estimate of drug-likeness (QED) is 0.0796. The Kier molecular flexibility index (Phi) is 10.4.